The van der Waals surface area contributed by atoms with Gasteiger partial charge in [0, 0.05) is 11.6 Å². The van der Waals surface area contributed by atoms with Crippen LogP contribution in [0.2, 0.25) is 0 Å². The van der Waals surface area contributed by atoms with Crippen LogP contribution in [0, 0.1) is 5.92 Å². The second-order valence-electron chi connectivity index (χ2n) is 6.57. The van der Waals surface area contributed by atoms with Gasteiger partial charge in [0.25, 0.3) is 0 Å². The number of aromatic nitrogens is 2. The lowest BCUT2D eigenvalue weighted by Crippen LogP contribution is -2.24. The molecule has 1 saturated carbocycles. The number of nitrogens with zero attached hydrogens (tertiary/aromatic N) is 2. The Kier molecular flexibility index (Phi) is 3.70. The van der Waals surface area contributed by atoms with Gasteiger partial charge in [0.1, 0.15) is 0 Å². The minimum atomic E-state index is 0.0750. The Morgan fingerprint density at radius 1 is 1.29 bits per heavy atom. The summed E-state index contributed by atoms with van der Waals surface area (Å²) in [6, 6.07) is 5.86. The third kappa shape index (κ3) is 2.55. The van der Waals surface area contributed by atoms with Crippen LogP contribution in [0.25, 0.3) is 11.3 Å². The van der Waals surface area contributed by atoms with Gasteiger partial charge in [-0.05, 0) is 37.3 Å². The molecule has 112 valence electrons. The maximum Gasteiger partial charge on any atom is 0.176 e. The van der Waals surface area contributed by atoms with Crippen molar-refractivity contribution in [3.05, 3.63) is 30.2 Å². The normalized spacial score (nSPS) is 17.5. The standard InChI is InChI=1S/C17H23N3O/c1-12(2)11-17(8-4-5-9-17)15-14(16(18)20-21-15)13-7-3-6-10-19-13/h3,6-7,10,12H,4-5,8-9,11H2,1-2H3,(H2,18,20). The monoisotopic (exact) mass is 285 g/mol. The van der Waals surface area contributed by atoms with Crippen molar-refractivity contribution in [3.8, 4) is 11.3 Å². The molecule has 1 aliphatic rings. The average molecular weight is 285 g/mol. The zero-order valence-corrected chi connectivity index (χ0v) is 12.8. The highest BCUT2D eigenvalue weighted by molar-refractivity contribution is 5.73. The van der Waals surface area contributed by atoms with Gasteiger partial charge in [0.2, 0.25) is 0 Å². The summed E-state index contributed by atoms with van der Waals surface area (Å²) < 4.78 is 5.72. The van der Waals surface area contributed by atoms with Gasteiger partial charge < -0.3 is 10.3 Å². The Morgan fingerprint density at radius 2 is 2.05 bits per heavy atom. The number of anilines is 1. The number of nitrogens with two attached hydrogens (primary N) is 1. The van der Waals surface area contributed by atoms with Crippen molar-refractivity contribution in [1.82, 2.24) is 10.1 Å². The summed E-state index contributed by atoms with van der Waals surface area (Å²) in [5, 5.41) is 4.05. The van der Waals surface area contributed by atoms with E-state index in [1.807, 2.05) is 18.2 Å². The Morgan fingerprint density at radius 3 is 2.67 bits per heavy atom. The van der Waals surface area contributed by atoms with E-state index in [4.69, 9.17) is 10.3 Å². The molecule has 1 fully saturated rings. The summed E-state index contributed by atoms with van der Waals surface area (Å²) in [6.07, 6.45) is 7.69. The van der Waals surface area contributed by atoms with E-state index >= 15 is 0 Å². The van der Waals surface area contributed by atoms with Crippen LogP contribution in [0.3, 0.4) is 0 Å². The summed E-state index contributed by atoms with van der Waals surface area (Å²) >= 11 is 0. The Bertz CT molecular complexity index is 598. The first-order valence-electron chi connectivity index (χ1n) is 7.79. The molecule has 0 atom stereocenters. The lowest BCUT2D eigenvalue weighted by molar-refractivity contribution is 0.254. The highest BCUT2D eigenvalue weighted by Gasteiger charge is 2.42. The zero-order valence-electron chi connectivity index (χ0n) is 12.8. The number of rotatable bonds is 4. The van der Waals surface area contributed by atoms with Crippen LogP contribution >= 0.6 is 0 Å². The second kappa shape index (κ2) is 5.51. The van der Waals surface area contributed by atoms with E-state index in [-0.39, 0.29) is 5.41 Å². The van der Waals surface area contributed by atoms with E-state index in [1.54, 1.807) is 6.20 Å². The molecule has 1 aliphatic carbocycles. The van der Waals surface area contributed by atoms with E-state index in [0.717, 1.165) is 36.3 Å². The molecular weight excluding hydrogens is 262 g/mol. The lowest BCUT2D eigenvalue weighted by atomic mass is 9.75. The van der Waals surface area contributed by atoms with Crippen molar-refractivity contribution in [1.29, 1.82) is 0 Å². The highest BCUT2D eigenvalue weighted by Crippen LogP contribution is 2.49. The van der Waals surface area contributed by atoms with Gasteiger partial charge in [0.15, 0.2) is 11.6 Å². The van der Waals surface area contributed by atoms with Crippen molar-refractivity contribution in [3.63, 3.8) is 0 Å². The largest absolute Gasteiger partial charge is 0.380 e. The third-order valence-corrected chi connectivity index (χ3v) is 4.48. The van der Waals surface area contributed by atoms with Crippen molar-refractivity contribution in [2.75, 3.05) is 5.73 Å². The molecule has 0 amide bonds. The quantitative estimate of drug-likeness (QED) is 0.915. The fraction of sp³-hybridized carbons (Fsp3) is 0.529. The first-order valence-corrected chi connectivity index (χ1v) is 7.79. The molecule has 0 unspecified atom stereocenters. The summed E-state index contributed by atoms with van der Waals surface area (Å²) in [5.41, 5.74) is 7.92. The van der Waals surface area contributed by atoms with E-state index in [0.29, 0.717) is 11.7 Å². The maximum absolute atomic E-state index is 6.09. The molecule has 2 N–H and O–H groups in total. The first kappa shape index (κ1) is 14.1. The summed E-state index contributed by atoms with van der Waals surface area (Å²) in [5.74, 6) is 2.02. The molecule has 3 rings (SSSR count). The van der Waals surface area contributed by atoms with E-state index in [2.05, 4.69) is 24.0 Å². The fourth-order valence-electron chi connectivity index (χ4n) is 3.78. The molecule has 0 saturated heterocycles. The van der Waals surface area contributed by atoms with Crippen molar-refractivity contribution in [2.45, 2.75) is 51.4 Å². The fourth-order valence-corrected chi connectivity index (χ4v) is 3.78. The van der Waals surface area contributed by atoms with Crippen LogP contribution in [0.4, 0.5) is 5.82 Å². The topological polar surface area (TPSA) is 64.9 Å². The van der Waals surface area contributed by atoms with Gasteiger partial charge in [-0.25, -0.2) is 0 Å². The van der Waals surface area contributed by atoms with E-state index < -0.39 is 0 Å². The van der Waals surface area contributed by atoms with Crippen molar-refractivity contribution >= 4 is 5.82 Å². The van der Waals surface area contributed by atoms with Gasteiger partial charge in [-0.2, -0.15) is 0 Å². The second-order valence-corrected chi connectivity index (χ2v) is 6.57. The van der Waals surface area contributed by atoms with Gasteiger partial charge in [0.05, 0.1) is 11.3 Å². The van der Waals surface area contributed by atoms with Gasteiger partial charge in [-0.1, -0.05) is 37.9 Å². The van der Waals surface area contributed by atoms with Crippen LogP contribution in [-0.4, -0.2) is 10.1 Å². The maximum atomic E-state index is 6.09. The Labute approximate surface area is 125 Å². The molecular formula is C17H23N3O. The predicted molar refractivity (Wildman–Crippen MR) is 83.7 cm³/mol. The Balaban J connectivity index is 2.10. The third-order valence-electron chi connectivity index (χ3n) is 4.48. The number of pyridine rings is 1. The molecule has 2 aromatic rings. The first-order chi connectivity index (χ1) is 10.1. The lowest BCUT2D eigenvalue weighted by Gasteiger charge is -2.29. The van der Waals surface area contributed by atoms with Crippen LogP contribution in [0.15, 0.2) is 28.9 Å². The molecule has 21 heavy (non-hydrogen) atoms. The Hall–Kier alpha value is -1.84. The van der Waals surface area contributed by atoms with Crippen LogP contribution in [0.5, 0.6) is 0 Å². The molecule has 2 heterocycles. The molecule has 0 radical (unpaired) electrons. The van der Waals surface area contributed by atoms with Crippen LogP contribution in [0.1, 0.15) is 51.7 Å². The number of hydrogen-bond acceptors (Lipinski definition) is 4. The minimum absolute atomic E-state index is 0.0750. The number of hydrogen-bond donors (Lipinski definition) is 1. The van der Waals surface area contributed by atoms with Gasteiger partial charge >= 0.3 is 0 Å². The molecule has 4 heteroatoms. The van der Waals surface area contributed by atoms with Crippen LogP contribution < -0.4 is 5.73 Å². The molecule has 0 aromatic carbocycles. The highest BCUT2D eigenvalue weighted by atomic mass is 16.5. The zero-order chi connectivity index (χ0) is 14.9. The predicted octanol–water partition coefficient (Wildman–Crippen LogP) is 4.18. The van der Waals surface area contributed by atoms with Crippen molar-refractivity contribution in [2.24, 2.45) is 5.92 Å². The number of nitrogen functional groups attached to an aromatic ring is 1. The SMILES string of the molecule is CC(C)CC1(c2onc(N)c2-c2ccccn2)CCCC1. The minimum Gasteiger partial charge on any atom is -0.380 e. The van der Waals surface area contributed by atoms with Gasteiger partial charge in [-0.15, -0.1) is 0 Å². The molecule has 0 spiro atoms. The molecule has 0 aliphatic heterocycles. The summed E-state index contributed by atoms with van der Waals surface area (Å²) in [7, 11) is 0. The van der Waals surface area contributed by atoms with E-state index in [1.165, 1.54) is 12.8 Å². The van der Waals surface area contributed by atoms with Crippen molar-refractivity contribution < 1.29 is 4.52 Å². The summed E-state index contributed by atoms with van der Waals surface area (Å²) in [6.45, 7) is 4.53. The summed E-state index contributed by atoms with van der Waals surface area (Å²) in [4.78, 5) is 4.44. The smallest absolute Gasteiger partial charge is 0.176 e. The molecule has 2 aromatic heterocycles. The average Bonchev–Trinajstić information content (AvgIpc) is 3.07. The van der Waals surface area contributed by atoms with Gasteiger partial charge in [-0.3, -0.25) is 4.98 Å². The van der Waals surface area contributed by atoms with Crippen LogP contribution in [-0.2, 0) is 5.41 Å². The molecule has 4 nitrogen and oxygen atoms in total. The molecule has 0 bridgehead atoms. The van der Waals surface area contributed by atoms with E-state index in [9.17, 15) is 0 Å².